The van der Waals surface area contributed by atoms with Crippen molar-refractivity contribution >= 4 is 0 Å². The van der Waals surface area contributed by atoms with Crippen LogP contribution in [0.15, 0.2) is 24.3 Å². The van der Waals surface area contributed by atoms with E-state index in [1.54, 1.807) is 7.11 Å². The Morgan fingerprint density at radius 3 is 2.41 bits per heavy atom. The standard InChI is InChI=1S/C13H22N2O2/c1-16-12-4-6-13(7-5-12)17-11-3-2-9-15-10-8-14/h4-7,15H,2-3,8-11,14H2,1H3. The lowest BCUT2D eigenvalue weighted by Crippen LogP contribution is -2.23. The van der Waals surface area contributed by atoms with E-state index < -0.39 is 0 Å². The zero-order valence-corrected chi connectivity index (χ0v) is 10.4. The van der Waals surface area contributed by atoms with Crippen molar-refractivity contribution < 1.29 is 9.47 Å². The molecule has 0 aliphatic carbocycles. The molecule has 0 bridgehead atoms. The highest BCUT2D eigenvalue weighted by Crippen LogP contribution is 2.17. The van der Waals surface area contributed by atoms with Gasteiger partial charge in [0, 0.05) is 13.1 Å². The molecular formula is C13H22N2O2. The Morgan fingerprint density at radius 1 is 1.06 bits per heavy atom. The average Bonchev–Trinajstić information content (AvgIpc) is 2.38. The molecule has 0 fully saturated rings. The van der Waals surface area contributed by atoms with Crippen LogP contribution in [0.3, 0.4) is 0 Å². The van der Waals surface area contributed by atoms with Crippen LogP contribution in [-0.4, -0.2) is 33.4 Å². The number of rotatable bonds is 9. The first-order valence-electron chi connectivity index (χ1n) is 6.04. The molecule has 0 radical (unpaired) electrons. The third-order valence-corrected chi connectivity index (χ3v) is 2.40. The minimum Gasteiger partial charge on any atom is -0.497 e. The number of hydrogen-bond acceptors (Lipinski definition) is 4. The van der Waals surface area contributed by atoms with E-state index in [2.05, 4.69) is 5.32 Å². The third-order valence-electron chi connectivity index (χ3n) is 2.40. The summed E-state index contributed by atoms with van der Waals surface area (Å²) in [5.74, 6) is 1.74. The van der Waals surface area contributed by atoms with Gasteiger partial charge in [-0.1, -0.05) is 0 Å². The topological polar surface area (TPSA) is 56.5 Å². The second kappa shape index (κ2) is 8.84. The summed E-state index contributed by atoms with van der Waals surface area (Å²) >= 11 is 0. The summed E-state index contributed by atoms with van der Waals surface area (Å²) in [5, 5.41) is 3.25. The number of unbranched alkanes of at least 4 members (excludes halogenated alkanes) is 1. The molecule has 0 aromatic heterocycles. The second-order valence-electron chi connectivity index (χ2n) is 3.77. The molecule has 0 spiro atoms. The number of ether oxygens (including phenoxy) is 2. The molecule has 4 heteroatoms. The van der Waals surface area contributed by atoms with Gasteiger partial charge >= 0.3 is 0 Å². The predicted molar refractivity (Wildman–Crippen MR) is 69.6 cm³/mol. The van der Waals surface area contributed by atoms with E-state index >= 15 is 0 Å². The van der Waals surface area contributed by atoms with Crippen LogP contribution >= 0.6 is 0 Å². The van der Waals surface area contributed by atoms with E-state index in [9.17, 15) is 0 Å². The Morgan fingerprint density at radius 2 is 1.76 bits per heavy atom. The molecule has 0 aliphatic heterocycles. The SMILES string of the molecule is COc1ccc(OCCCCNCCN)cc1. The van der Waals surface area contributed by atoms with Crippen LogP contribution in [0.2, 0.25) is 0 Å². The van der Waals surface area contributed by atoms with Crippen molar-refractivity contribution in [3.05, 3.63) is 24.3 Å². The fraction of sp³-hybridized carbons (Fsp3) is 0.538. The van der Waals surface area contributed by atoms with Crippen LogP contribution < -0.4 is 20.5 Å². The lowest BCUT2D eigenvalue weighted by molar-refractivity contribution is 0.305. The first-order chi connectivity index (χ1) is 8.36. The number of nitrogens with two attached hydrogens (primary N) is 1. The molecule has 3 N–H and O–H groups in total. The van der Waals surface area contributed by atoms with Gasteiger partial charge in [-0.05, 0) is 43.7 Å². The molecule has 1 rings (SSSR count). The van der Waals surface area contributed by atoms with Crippen LogP contribution in [0.5, 0.6) is 11.5 Å². The van der Waals surface area contributed by atoms with Crippen molar-refractivity contribution in [1.82, 2.24) is 5.32 Å². The first-order valence-corrected chi connectivity index (χ1v) is 6.04. The van der Waals surface area contributed by atoms with E-state index in [1.807, 2.05) is 24.3 Å². The summed E-state index contributed by atoms with van der Waals surface area (Å²) in [5.41, 5.74) is 5.37. The van der Waals surface area contributed by atoms with E-state index in [4.69, 9.17) is 15.2 Å². The quantitative estimate of drug-likeness (QED) is 0.639. The normalized spacial score (nSPS) is 10.2. The highest BCUT2D eigenvalue weighted by Gasteiger charge is 1.95. The number of hydrogen-bond donors (Lipinski definition) is 2. The van der Waals surface area contributed by atoms with E-state index in [-0.39, 0.29) is 0 Å². The molecule has 0 amide bonds. The molecule has 0 aliphatic rings. The molecule has 0 heterocycles. The molecule has 96 valence electrons. The van der Waals surface area contributed by atoms with Crippen LogP contribution in [0.4, 0.5) is 0 Å². The third kappa shape index (κ3) is 6.14. The molecule has 0 saturated heterocycles. The molecule has 0 saturated carbocycles. The van der Waals surface area contributed by atoms with Gasteiger partial charge in [-0.15, -0.1) is 0 Å². The van der Waals surface area contributed by atoms with Gasteiger partial charge in [-0.25, -0.2) is 0 Å². The zero-order chi connectivity index (χ0) is 12.3. The van der Waals surface area contributed by atoms with Crippen molar-refractivity contribution in [2.24, 2.45) is 5.73 Å². The molecule has 0 atom stereocenters. The summed E-state index contributed by atoms with van der Waals surface area (Å²) in [7, 11) is 1.66. The Balaban J connectivity index is 2.05. The van der Waals surface area contributed by atoms with Gasteiger partial charge in [-0.2, -0.15) is 0 Å². The fourth-order valence-corrected chi connectivity index (χ4v) is 1.44. The van der Waals surface area contributed by atoms with Crippen molar-refractivity contribution in [2.45, 2.75) is 12.8 Å². The Kier molecular flexibility index (Phi) is 7.18. The maximum absolute atomic E-state index is 5.60. The Bertz CT molecular complexity index is 288. The lowest BCUT2D eigenvalue weighted by atomic mass is 10.3. The molecule has 1 aromatic carbocycles. The van der Waals surface area contributed by atoms with E-state index in [1.165, 1.54) is 0 Å². The van der Waals surface area contributed by atoms with Crippen molar-refractivity contribution in [3.63, 3.8) is 0 Å². The van der Waals surface area contributed by atoms with Crippen LogP contribution in [-0.2, 0) is 0 Å². The molecular weight excluding hydrogens is 216 g/mol. The minimum absolute atomic E-state index is 0.697. The van der Waals surface area contributed by atoms with Gasteiger partial charge in [0.25, 0.3) is 0 Å². The summed E-state index contributed by atoms with van der Waals surface area (Å²) in [4.78, 5) is 0. The van der Waals surface area contributed by atoms with Gasteiger partial charge in [-0.3, -0.25) is 0 Å². The molecule has 17 heavy (non-hydrogen) atoms. The van der Waals surface area contributed by atoms with Crippen LogP contribution in [0.25, 0.3) is 0 Å². The smallest absolute Gasteiger partial charge is 0.119 e. The Hall–Kier alpha value is -1.26. The highest BCUT2D eigenvalue weighted by atomic mass is 16.5. The Labute approximate surface area is 103 Å². The zero-order valence-electron chi connectivity index (χ0n) is 10.4. The van der Waals surface area contributed by atoms with E-state index in [0.29, 0.717) is 6.54 Å². The lowest BCUT2D eigenvalue weighted by Gasteiger charge is -2.07. The summed E-state index contributed by atoms with van der Waals surface area (Å²) in [6, 6.07) is 7.65. The minimum atomic E-state index is 0.697. The largest absolute Gasteiger partial charge is 0.497 e. The van der Waals surface area contributed by atoms with E-state index in [0.717, 1.165) is 44.0 Å². The first kappa shape index (κ1) is 13.8. The monoisotopic (exact) mass is 238 g/mol. The maximum atomic E-state index is 5.60. The van der Waals surface area contributed by atoms with Crippen molar-refractivity contribution in [2.75, 3.05) is 33.4 Å². The van der Waals surface area contributed by atoms with Crippen LogP contribution in [0.1, 0.15) is 12.8 Å². The number of methoxy groups -OCH3 is 1. The summed E-state index contributed by atoms with van der Waals surface area (Å²) in [6.45, 7) is 3.33. The van der Waals surface area contributed by atoms with Crippen molar-refractivity contribution in [1.29, 1.82) is 0 Å². The van der Waals surface area contributed by atoms with Crippen LogP contribution in [0, 0.1) is 0 Å². The molecule has 1 aromatic rings. The second-order valence-corrected chi connectivity index (χ2v) is 3.77. The van der Waals surface area contributed by atoms with Gasteiger partial charge in [0.1, 0.15) is 11.5 Å². The average molecular weight is 238 g/mol. The maximum Gasteiger partial charge on any atom is 0.119 e. The fourth-order valence-electron chi connectivity index (χ4n) is 1.44. The highest BCUT2D eigenvalue weighted by molar-refractivity contribution is 5.31. The van der Waals surface area contributed by atoms with Gasteiger partial charge in [0.05, 0.1) is 13.7 Å². The summed E-state index contributed by atoms with van der Waals surface area (Å²) < 4.78 is 10.7. The van der Waals surface area contributed by atoms with Gasteiger partial charge in [0.15, 0.2) is 0 Å². The van der Waals surface area contributed by atoms with Gasteiger partial charge in [0.2, 0.25) is 0 Å². The molecule has 0 unspecified atom stereocenters. The summed E-state index contributed by atoms with van der Waals surface area (Å²) in [6.07, 6.45) is 2.15. The molecule has 4 nitrogen and oxygen atoms in total. The van der Waals surface area contributed by atoms with Gasteiger partial charge < -0.3 is 20.5 Å². The predicted octanol–water partition coefficient (Wildman–Crippen LogP) is 1.40. The number of nitrogens with one attached hydrogen (secondary N) is 1. The number of benzene rings is 1. The van der Waals surface area contributed by atoms with Crippen molar-refractivity contribution in [3.8, 4) is 11.5 Å².